The van der Waals surface area contributed by atoms with Gasteiger partial charge in [-0.05, 0) is 23.6 Å². The molecule has 0 unspecified atom stereocenters. The monoisotopic (exact) mass is 171 g/mol. The molecule has 0 saturated heterocycles. The van der Waals surface area contributed by atoms with E-state index >= 15 is 0 Å². The molecular formula is C12H13N. The van der Waals surface area contributed by atoms with Crippen LogP contribution in [0, 0.1) is 0 Å². The molecule has 1 aliphatic heterocycles. The minimum absolute atomic E-state index is 0.838. The first-order valence-electron chi connectivity index (χ1n) is 4.70. The summed E-state index contributed by atoms with van der Waals surface area (Å²) in [4.78, 5) is 4.37. The van der Waals surface area contributed by atoms with Gasteiger partial charge in [0.1, 0.15) is 0 Å². The van der Waals surface area contributed by atoms with Gasteiger partial charge in [0, 0.05) is 0 Å². The highest BCUT2D eigenvalue weighted by molar-refractivity contribution is 6.09. The maximum Gasteiger partial charge on any atom is 0.0647 e. The van der Waals surface area contributed by atoms with Crippen LogP contribution in [-0.2, 0) is 6.42 Å². The molecule has 0 fully saturated rings. The molecule has 1 nitrogen and oxygen atoms in total. The van der Waals surface area contributed by atoms with Crippen LogP contribution in [0.25, 0.3) is 0 Å². The van der Waals surface area contributed by atoms with E-state index in [2.05, 4.69) is 48.3 Å². The number of rotatable bonds is 2. The molecule has 0 amide bonds. The molecule has 0 aliphatic carbocycles. The second-order valence-electron chi connectivity index (χ2n) is 3.18. The minimum Gasteiger partial charge on any atom is -0.281 e. The van der Waals surface area contributed by atoms with Crippen molar-refractivity contribution in [1.29, 1.82) is 0 Å². The van der Waals surface area contributed by atoms with Crippen molar-refractivity contribution in [2.45, 2.75) is 13.3 Å². The van der Waals surface area contributed by atoms with Crippen molar-refractivity contribution in [2.24, 2.45) is 4.99 Å². The van der Waals surface area contributed by atoms with Crippen molar-refractivity contribution in [3.63, 3.8) is 0 Å². The van der Waals surface area contributed by atoms with E-state index in [1.54, 1.807) is 0 Å². The summed E-state index contributed by atoms with van der Waals surface area (Å²) in [6.45, 7) is 3.01. The number of aliphatic imine (C=N–C) groups is 1. The first kappa shape index (κ1) is 8.24. The van der Waals surface area contributed by atoms with Crippen LogP contribution in [0.15, 0.2) is 41.4 Å². The van der Waals surface area contributed by atoms with Crippen LogP contribution < -0.4 is 0 Å². The average Bonchev–Trinajstić information content (AvgIpc) is 2.71. The van der Waals surface area contributed by atoms with Gasteiger partial charge in [-0.25, -0.2) is 0 Å². The van der Waals surface area contributed by atoms with Crippen molar-refractivity contribution in [3.8, 4) is 0 Å². The zero-order valence-electron chi connectivity index (χ0n) is 7.83. The van der Waals surface area contributed by atoms with Gasteiger partial charge in [0.15, 0.2) is 0 Å². The summed E-state index contributed by atoms with van der Waals surface area (Å²) in [6, 6.07) is 8.63. The van der Waals surface area contributed by atoms with E-state index in [0.717, 1.165) is 18.7 Å². The Morgan fingerprint density at radius 1 is 1.23 bits per heavy atom. The van der Waals surface area contributed by atoms with Crippen LogP contribution in [0.1, 0.15) is 18.1 Å². The molecule has 0 aromatic heterocycles. The normalized spacial score (nSPS) is 14.7. The third-order valence-electron chi connectivity index (χ3n) is 2.30. The van der Waals surface area contributed by atoms with Gasteiger partial charge in [-0.2, -0.15) is 0 Å². The summed E-state index contributed by atoms with van der Waals surface area (Å²) in [5.41, 5.74) is 3.72. The van der Waals surface area contributed by atoms with E-state index in [-0.39, 0.29) is 0 Å². The largest absolute Gasteiger partial charge is 0.281 e. The fourth-order valence-corrected chi connectivity index (χ4v) is 1.47. The summed E-state index contributed by atoms with van der Waals surface area (Å²) in [6.07, 6.45) is 5.27. The number of allylic oxidation sites excluding steroid dienone is 1. The molecule has 1 aromatic carbocycles. The van der Waals surface area contributed by atoms with Crippen LogP contribution >= 0.6 is 0 Å². The summed E-state index contributed by atoms with van der Waals surface area (Å²) in [5.74, 6) is 0. The van der Waals surface area contributed by atoms with Gasteiger partial charge in [-0.3, -0.25) is 4.99 Å². The highest BCUT2D eigenvalue weighted by Gasteiger charge is 2.01. The molecule has 66 valence electrons. The van der Waals surface area contributed by atoms with Gasteiger partial charge in [-0.15, -0.1) is 0 Å². The van der Waals surface area contributed by atoms with Gasteiger partial charge >= 0.3 is 0 Å². The Morgan fingerprint density at radius 3 is 2.54 bits per heavy atom. The van der Waals surface area contributed by atoms with Gasteiger partial charge in [0.25, 0.3) is 0 Å². The molecule has 1 aliphatic rings. The van der Waals surface area contributed by atoms with Gasteiger partial charge in [0.2, 0.25) is 0 Å². The second-order valence-corrected chi connectivity index (χ2v) is 3.18. The van der Waals surface area contributed by atoms with E-state index in [0.29, 0.717) is 0 Å². The lowest BCUT2D eigenvalue weighted by molar-refractivity contribution is 1.14. The van der Waals surface area contributed by atoms with E-state index in [9.17, 15) is 0 Å². The number of hydrogen-bond acceptors (Lipinski definition) is 1. The molecule has 1 heteroatoms. The maximum absolute atomic E-state index is 4.37. The molecule has 0 spiro atoms. The van der Waals surface area contributed by atoms with E-state index < -0.39 is 0 Å². The Morgan fingerprint density at radius 2 is 2.00 bits per heavy atom. The highest BCUT2D eigenvalue weighted by atomic mass is 14.7. The Balaban J connectivity index is 2.27. The molecule has 1 heterocycles. The van der Waals surface area contributed by atoms with Crippen LogP contribution in [0.2, 0.25) is 0 Å². The summed E-state index contributed by atoms with van der Waals surface area (Å²) >= 11 is 0. The number of benzene rings is 1. The Hall–Kier alpha value is -1.37. The number of aryl methyl sites for hydroxylation is 1. The zero-order valence-corrected chi connectivity index (χ0v) is 7.83. The average molecular weight is 171 g/mol. The van der Waals surface area contributed by atoms with Crippen LogP contribution in [0.4, 0.5) is 0 Å². The fraction of sp³-hybridized carbons (Fsp3) is 0.250. The highest BCUT2D eigenvalue weighted by Crippen LogP contribution is 2.09. The standard InChI is InChI=1S/C12H13N/c1-2-10-5-7-11(8-6-10)12-4-3-9-13-12/h3-8H,2,9H2,1H3. The second kappa shape index (κ2) is 3.56. The van der Waals surface area contributed by atoms with E-state index in [1.165, 1.54) is 11.1 Å². The van der Waals surface area contributed by atoms with Crippen LogP contribution in [0.5, 0.6) is 0 Å². The molecule has 13 heavy (non-hydrogen) atoms. The molecule has 0 saturated carbocycles. The first-order valence-corrected chi connectivity index (χ1v) is 4.70. The zero-order chi connectivity index (χ0) is 9.10. The third-order valence-corrected chi connectivity index (χ3v) is 2.30. The lowest BCUT2D eigenvalue weighted by Crippen LogP contribution is -1.93. The van der Waals surface area contributed by atoms with E-state index in [1.807, 2.05) is 0 Å². The first-order chi connectivity index (χ1) is 6.40. The summed E-state index contributed by atoms with van der Waals surface area (Å²) in [7, 11) is 0. The minimum atomic E-state index is 0.838. The van der Waals surface area contributed by atoms with E-state index in [4.69, 9.17) is 0 Å². The maximum atomic E-state index is 4.37. The third kappa shape index (κ3) is 1.69. The quantitative estimate of drug-likeness (QED) is 0.648. The molecule has 1 aromatic rings. The fourth-order valence-electron chi connectivity index (χ4n) is 1.47. The Labute approximate surface area is 78.8 Å². The Kier molecular flexibility index (Phi) is 2.26. The predicted octanol–water partition coefficient (Wildman–Crippen LogP) is 2.61. The van der Waals surface area contributed by atoms with Gasteiger partial charge in [-0.1, -0.05) is 37.3 Å². The smallest absolute Gasteiger partial charge is 0.0647 e. The van der Waals surface area contributed by atoms with Crippen LogP contribution in [0.3, 0.4) is 0 Å². The predicted molar refractivity (Wildman–Crippen MR) is 56.4 cm³/mol. The van der Waals surface area contributed by atoms with Crippen molar-refractivity contribution in [2.75, 3.05) is 6.54 Å². The lowest BCUT2D eigenvalue weighted by atomic mass is 10.1. The van der Waals surface area contributed by atoms with Crippen molar-refractivity contribution < 1.29 is 0 Å². The van der Waals surface area contributed by atoms with Crippen molar-refractivity contribution in [1.82, 2.24) is 0 Å². The number of nitrogens with zero attached hydrogens (tertiary/aromatic N) is 1. The SMILES string of the molecule is CCc1ccc(C2=NCC=C2)cc1. The van der Waals surface area contributed by atoms with Crippen molar-refractivity contribution >= 4 is 5.71 Å². The summed E-state index contributed by atoms with van der Waals surface area (Å²) in [5, 5.41) is 0. The molecule has 2 rings (SSSR count). The molecular weight excluding hydrogens is 158 g/mol. The van der Waals surface area contributed by atoms with Gasteiger partial charge < -0.3 is 0 Å². The topological polar surface area (TPSA) is 12.4 Å². The molecule has 0 N–H and O–H groups in total. The lowest BCUT2D eigenvalue weighted by Gasteiger charge is -2.00. The molecule has 0 atom stereocenters. The number of hydrogen-bond donors (Lipinski definition) is 0. The summed E-state index contributed by atoms with van der Waals surface area (Å²) < 4.78 is 0. The van der Waals surface area contributed by atoms with Crippen LogP contribution in [-0.4, -0.2) is 12.3 Å². The molecule has 0 bridgehead atoms. The van der Waals surface area contributed by atoms with Crippen molar-refractivity contribution in [3.05, 3.63) is 47.5 Å². The Bertz CT molecular complexity index is 344. The van der Waals surface area contributed by atoms with Gasteiger partial charge in [0.05, 0.1) is 12.3 Å². The molecule has 0 radical (unpaired) electrons.